The highest BCUT2D eigenvalue weighted by atomic mass is 35.5. The number of anilines is 4. The Morgan fingerprint density at radius 2 is 0.875 bits per heavy atom. The fourth-order valence-corrected chi connectivity index (χ4v) is 5.10. The monoisotopic (exact) mass is 684 g/mol. The molecule has 10 nitrogen and oxygen atoms in total. The summed E-state index contributed by atoms with van der Waals surface area (Å²) in [7, 11) is 0. The highest BCUT2D eigenvalue weighted by molar-refractivity contribution is 6.67. The molecular weight excluding hydrogens is 651 g/mol. The van der Waals surface area contributed by atoms with Crippen LogP contribution in [0.3, 0.4) is 0 Å². The Hall–Kier alpha value is -5.32. The van der Waals surface area contributed by atoms with Gasteiger partial charge in [-0.25, -0.2) is 0 Å². The van der Waals surface area contributed by atoms with Crippen LogP contribution in [0.1, 0.15) is 36.1 Å². The van der Waals surface area contributed by atoms with Gasteiger partial charge in [-0.3, -0.25) is 30.0 Å². The molecule has 0 fully saturated rings. The maximum Gasteiger partial charge on any atom is 0.279 e. The number of rotatable bonds is 11. The molecule has 0 atom stereocenters. The lowest BCUT2D eigenvalue weighted by molar-refractivity contribution is -0.116. The Morgan fingerprint density at radius 3 is 1.19 bits per heavy atom. The molecule has 4 rings (SSSR count). The number of aryl methyl sites for hydroxylation is 4. The van der Waals surface area contributed by atoms with E-state index >= 15 is 0 Å². The molecule has 0 spiro atoms. The quantitative estimate of drug-likeness (QED) is 0.0719. The van der Waals surface area contributed by atoms with Crippen molar-refractivity contribution < 1.29 is 19.2 Å². The molecule has 0 bridgehead atoms. The van der Waals surface area contributed by atoms with Crippen LogP contribution in [0.2, 0.25) is 10.0 Å². The average molecular weight is 686 g/mol. The molecule has 48 heavy (non-hydrogen) atoms. The van der Waals surface area contributed by atoms with Crippen molar-refractivity contribution in [3.05, 3.63) is 105 Å². The molecule has 4 N–H and O–H groups in total. The van der Waals surface area contributed by atoms with Crippen LogP contribution in [-0.4, -0.2) is 34.8 Å². The molecule has 12 heteroatoms. The lowest BCUT2D eigenvalue weighted by atomic mass is 10.0. The van der Waals surface area contributed by atoms with E-state index in [1.54, 1.807) is 48.5 Å². The number of Topliss-reactive ketones (excluding diaryl/α,β-unsaturated/α-hetero) is 2. The van der Waals surface area contributed by atoms with Gasteiger partial charge < -0.3 is 10.6 Å². The summed E-state index contributed by atoms with van der Waals surface area (Å²) in [5, 5.41) is 14.1. The van der Waals surface area contributed by atoms with Crippen LogP contribution in [0.15, 0.2) is 83.0 Å². The Bertz CT molecular complexity index is 1860. The largest absolute Gasteiger partial charge is 0.320 e. The second-order valence-electron chi connectivity index (χ2n) is 11.2. The molecule has 0 aliphatic heterocycles. The van der Waals surface area contributed by atoms with Gasteiger partial charge in [0.15, 0.2) is 23.0 Å². The zero-order chi connectivity index (χ0) is 35.1. The van der Waals surface area contributed by atoms with Gasteiger partial charge in [0.2, 0.25) is 0 Å². The van der Waals surface area contributed by atoms with Crippen molar-refractivity contribution in [3.8, 4) is 11.1 Å². The summed E-state index contributed by atoms with van der Waals surface area (Å²) < 4.78 is 0. The predicted octanol–water partition coefficient (Wildman–Crippen LogP) is 7.89. The number of nitrogens with one attached hydrogen (secondary N) is 4. The highest BCUT2D eigenvalue weighted by Gasteiger charge is 2.20. The van der Waals surface area contributed by atoms with E-state index < -0.39 is 23.4 Å². The summed E-state index contributed by atoms with van der Waals surface area (Å²) in [6, 6.07) is 21.3. The second-order valence-corrected chi connectivity index (χ2v) is 12.0. The molecule has 246 valence electrons. The summed E-state index contributed by atoms with van der Waals surface area (Å²) in [6.07, 6.45) is 0. The lowest BCUT2D eigenvalue weighted by Gasteiger charge is -2.12. The number of ketones is 2. The summed E-state index contributed by atoms with van der Waals surface area (Å²) in [5.74, 6) is -2.36. The van der Waals surface area contributed by atoms with Crippen molar-refractivity contribution in [2.75, 3.05) is 21.5 Å². The van der Waals surface area contributed by atoms with Gasteiger partial charge in [0.25, 0.3) is 11.8 Å². The number of halogens is 2. The Balaban J connectivity index is 1.47. The van der Waals surface area contributed by atoms with E-state index in [2.05, 4.69) is 31.7 Å². The second kappa shape index (κ2) is 15.5. The number of hydrogen-bond acceptors (Lipinski definition) is 8. The van der Waals surface area contributed by atoms with Gasteiger partial charge in [-0.05, 0) is 86.3 Å². The van der Waals surface area contributed by atoms with E-state index in [9.17, 15) is 19.2 Å². The predicted molar refractivity (Wildman–Crippen MR) is 194 cm³/mol. The van der Waals surface area contributed by atoms with Crippen LogP contribution in [0.5, 0.6) is 0 Å². The van der Waals surface area contributed by atoms with Crippen LogP contribution in [0.4, 0.5) is 22.7 Å². The maximum absolute atomic E-state index is 12.8. The minimum absolute atomic E-state index is 0.276. The number of hydrogen-bond donors (Lipinski definition) is 4. The topological polar surface area (TPSA) is 141 Å². The molecule has 0 saturated heterocycles. The molecular formula is C36H34Cl2N6O4. The standard InChI is InChI=1S/C36H34Cl2N6O4/c1-19-7-11-29(21(3)15-19)39-35(47)33(23(5)45)43-41-31-13-9-25(17-27(31)37)26-10-14-32(28(38)18-26)42-44-34(24(6)46)36(48)40-30-12-8-20(2)16-22(30)4/h7-18,41-42H,1-6H3,(H,39,47)(H,40,48)/b43-33-,44-34+. The Kier molecular flexibility index (Phi) is 11.5. The van der Waals surface area contributed by atoms with Crippen molar-refractivity contribution in [2.24, 2.45) is 10.2 Å². The van der Waals surface area contributed by atoms with Crippen LogP contribution in [0.25, 0.3) is 11.1 Å². The first-order valence-electron chi connectivity index (χ1n) is 14.8. The molecule has 0 aliphatic carbocycles. The van der Waals surface area contributed by atoms with Gasteiger partial charge in [0.05, 0.1) is 21.4 Å². The van der Waals surface area contributed by atoms with E-state index in [1.165, 1.54) is 13.8 Å². The number of carbonyl (C=O) groups excluding carboxylic acids is 4. The fraction of sp³-hybridized carbons (Fsp3) is 0.167. The van der Waals surface area contributed by atoms with E-state index in [0.717, 1.165) is 22.3 Å². The van der Waals surface area contributed by atoms with Crippen molar-refractivity contribution in [1.29, 1.82) is 0 Å². The van der Waals surface area contributed by atoms with Crippen molar-refractivity contribution in [1.82, 2.24) is 0 Å². The molecule has 4 aromatic carbocycles. The SMILES string of the molecule is CC(=O)/C(=N/Nc1ccc(-c2ccc(N/N=C(\C(C)=O)C(=O)Nc3ccc(C)cc3C)c(Cl)c2)cc1Cl)C(=O)Nc1ccc(C)cc1C. The molecule has 0 saturated carbocycles. The smallest absolute Gasteiger partial charge is 0.279 e. The number of nitrogens with zero attached hydrogens (tertiary/aromatic N) is 2. The maximum atomic E-state index is 12.8. The third-order valence-electron chi connectivity index (χ3n) is 7.21. The zero-order valence-electron chi connectivity index (χ0n) is 27.2. The first-order chi connectivity index (χ1) is 22.7. The van der Waals surface area contributed by atoms with Gasteiger partial charge in [-0.2, -0.15) is 10.2 Å². The third kappa shape index (κ3) is 8.93. The number of benzene rings is 4. The molecule has 4 aromatic rings. The summed E-state index contributed by atoms with van der Waals surface area (Å²) >= 11 is 13.1. The first-order valence-corrected chi connectivity index (χ1v) is 15.5. The molecule has 0 radical (unpaired) electrons. The van der Waals surface area contributed by atoms with Crippen molar-refractivity contribution in [3.63, 3.8) is 0 Å². The molecule has 2 amide bonds. The molecule has 0 aliphatic rings. The number of hydrazone groups is 2. The Morgan fingerprint density at radius 1 is 0.521 bits per heavy atom. The number of amides is 2. The third-order valence-corrected chi connectivity index (χ3v) is 7.83. The van der Waals surface area contributed by atoms with Crippen molar-refractivity contribution in [2.45, 2.75) is 41.5 Å². The van der Waals surface area contributed by atoms with Crippen LogP contribution < -0.4 is 21.5 Å². The number of carbonyl (C=O) groups is 4. The van der Waals surface area contributed by atoms with Gasteiger partial charge >= 0.3 is 0 Å². The van der Waals surface area contributed by atoms with Crippen LogP contribution in [-0.2, 0) is 19.2 Å². The minimum atomic E-state index is -0.653. The lowest BCUT2D eigenvalue weighted by Crippen LogP contribution is -2.29. The molecule has 0 heterocycles. The average Bonchev–Trinajstić information content (AvgIpc) is 3.01. The fourth-order valence-electron chi connectivity index (χ4n) is 4.65. The van der Waals surface area contributed by atoms with E-state index in [0.29, 0.717) is 33.9 Å². The van der Waals surface area contributed by atoms with Crippen LogP contribution >= 0.6 is 23.2 Å². The summed E-state index contributed by atoms with van der Waals surface area (Å²) in [5.41, 5.74) is 11.9. The highest BCUT2D eigenvalue weighted by Crippen LogP contribution is 2.33. The van der Waals surface area contributed by atoms with Crippen LogP contribution in [0, 0.1) is 27.7 Å². The zero-order valence-corrected chi connectivity index (χ0v) is 28.7. The summed E-state index contributed by atoms with van der Waals surface area (Å²) in [6.45, 7) is 10.1. The van der Waals surface area contributed by atoms with E-state index in [1.807, 2.05) is 52.0 Å². The van der Waals surface area contributed by atoms with Crippen molar-refractivity contribution >= 4 is 80.8 Å². The van der Waals surface area contributed by atoms with E-state index in [4.69, 9.17) is 23.2 Å². The van der Waals surface area contributed by atoms with Gasteiger partial charge in [0.1, 0.15) is 0 Å². The molecule has 0 aromatic heterocycles. The van der Waals surface area contributed by atoms with Gasteiger partial charge in [-0.15, -0.1) is 0 Å². The van der Waals surface area contributed by atoms with Gasteiger partial charge in [0, 0.05) is 25.2 Å². The Labute approximate surface area is 288 Å². The minimum Gasteiger partial charge on any atom is -0.320 e. The molecule has 0 unspecified atom stereocenters. The summed E-state index contributed by atoms with van der Waals surface area (Å²) in [4.78, 5) is 50.2. The normalized spacial score (nSPS) is 11.5. The first kappa shape index (κ1) is 35.5. The van der Waals surface area contributed by atoms with Gasteiger partial charge in [-0.1, -0.05) is 70.7 Å². The van der Waals surface area contributed by atoms with E-state index in [-0.39, 0.29) is 21.5 Å².